The molecule has 1 aliphatic heterocycles. The zero-order valence-corrected chi connectivity index (χ0v) is 18.3. The number of hydrogen-bond acceptors (Lipinski definition) is 6. The number of nitrogens with one attached hydrogen (secondary N) is 1. The molecular formula is C19H19F3N4O3S2. The number of amides is 1. The molecule has 2 atom stereocenters. The Balaban J connectivity index is 1.65. The second-order valence-corrected chi connectivity index (χ2v) is 9.69. The number of alkyl halides is 3. The van der Waals surface area contributed by atoms with Crippen molar-refractivity contribution in [2.24, 2.45) is 7.05 Å². The van der Waals surface area contributed by atoms with E-state index in [2.05, 4.69) is 15.3 Å². The molecule has 1 amide bonds. The van der Waals surface area contributed by atoms with Crippen LogP contribution in [0.25, 0.3) is 11.0 Å². The van der Waals surface area contributed by atoms with Gasteiger partial charge >= 0.3 is 6.18 Å². The van der Waals surface area contributed by atoms with Crippen molar-refractivity contribution >= 4 is 45.1 Å². The van der Waals surface area contributed by atoms with E-state index in [4.69, 9.17) is 4.74 Å². The van der Waals surface area contributed by atoms with Gasteiger partial charge in [-0.1, -0.05) is 11.2 Å². The van der Waals surface area contributed by atoms with Crippen molar-refractivity contribution in [3.8, 4) is 5.75 Å². The number of aromatic nitrogens is 3. The third kappa shape index (κ3) is 4.37. The molecule has 3 aromatic rings. The quantitative estimate of drug-likeness (QED) is 0.581. The summed E-state index contributed by atoms with van der Waals surface area (Å²) in [6.07, 6.45) is -2.84. The van der Waals surface area contributed by atoms with E-state index in [1.54, 1.807) is 12.1 Å². The Labute approximate surface area is 182 Å². The molecule has 12 heteroatoms. The van der Waals surface area contributed by atoms with Crippen molar-refractivity contribution in [1.82, 2.24) is 14.5 Å². The molecule has 1 aliphatic rings. The first-order valence-corrected chi connectivity index (χ1v) is 11.8. The molecule has 31 heavy (non-hydrogen) atoms. The van der Waals surface area contributed by atoms with Gasteiger partial charge in [0.25, 0.3) is 5.91 Å². The Kier molecular flexibility index (Phi) is 5.88. The van der Waals surface area contributed by atoms with Gasteiger partial charge in [-0.2, -0.15) is 13.2 Å². The maximum Gasteiger partial charge on any atom is 0.434 e. The largest absolute Gasteiger partial charge is 0.616 e. The third-order valence-electron chi connectivity index (χ3n) is 5.15. The third-order valence-corrected chi connectivity index (χ3v) is 7.51. The van der Waals surface area contributed by atoms with Crippen molar-refractivity contribution in [2.75, 3.05) is 23.9 Å². The number of benzene rings is 1. The molecule has 7 nitrogen and oxygen atoms in total. The van der Waals surface area contributed by atoms with Gasteiger partial charge in [-0.15, -0.1) is 11.3 Å². The summed E-state index contributed by atoms with van der Waals surface area (Å²) < 4.78 is 57.5. The van der Waals surface area contributed by atoms with Gasteiger partial charge in [-0.05, 0) is 18.9 Å². The summed E-state index contributed by atoms with van der Waals surface area (Å²) in [7, 11) is 3.27. The zero-order valence-electron chi connectivity index (χ0n) is 16.7. The minimum Gasteiger partial charge on any atom is -0.616 e. The first-order valence-electron chi connectivity index (χ1n) is 9.40. The highest BCUT2D eigenvalue weighted by Gasteiger charge is 2.34. The first-order chi connectivity index (χ1) is 14.7. The van der Waals surface area contributed by atoms with Crippen LogP contribution in [-0.2, 0) is 24.4 Å². The number of carbonyl (C=O) groups excluding carboxylic acids is 1. The SMILES string of the molecule is COc1cc2nc(C3CCC[S+]([O-])C3)n(C)c2cc1NC(=O)c1nc(C(F)(F)F)cs1. The van der Waals surface area contributed by atoms with Crippen LogP contribution in [0.1, 0.15) is 40.1 Å². The molecule has 0 spiro atoms. The van der Waals surface area contributed by atoms with Crippen LogP contribution < -0.4 is 10.1 Å². The van der Waals surface area contributed by atoms with Crippen molar-refractivity contribution in [1.29, 1.82) is 0 Å². The first kappa shape index (κ1) is 21.9. The van der Waals surface area contributed by atoms with E-state index in [0.717, 1.165) is 29.6 Å². The maximum atomic E-state index is 12.8. The van der Waals surface area contributed by atoms with E-state index >= 15 is 0 Å². The second-order valence-electron chi connectivity index (χ2n) is 7.21. The average molecular weight is 473 g/mol. The molecule has 0 saturated carbocycles. The lowest BCUT2D eigenvalue weighted by molar-refractivity contribution is -0.140. The Morgan fingerprint density at radius 1 is 1.39 bits per heavy atom. The summed E-state index contributed by atoms with van der Waals surface area (Å²) in [6.45, 7) is 0. The van der Waals surface area contributed by atoms with Gasteiger partial charge in [0, 0.05) is 18.5 Å². The van der Waals surface area contributed by atoms with Crippen LogP contribution in [0.15, 0.2) is 17.5 Å². The fraction of sp³-hybridized carbons (Fsp3) is 0.421. The number of rotatable bonds is 4. The van der Waals surface area contributed by atoms with E-state index in [1.165, 1.54) is 7.11 Å². The van der Waals surface area contributed by atoms with Crippen molar-refractivity contribution in [3.05, 3.63) is 34.0 Å². The average Bonchev–Trinajstić information content (AvgIpc) is 3.33. The van der Waals surface area contributed by atoms with Crippen molar-refractivity contribution < 1.29 is 27.3 Å². The molecular weight excluding hydrogens is 453 g/mol. The topological polar surface area (TPSA) is 92.1 Å². The highest BCUT2D eigenvalue weighted by atomic mass is 32.2. The van der Waals surface area contributed by atoms with E-state index in [9.17, 15) is 22.5 Å². The molecule has 0 aliphatic carbocycles. The number of hydrogen-bond donors (Lipinski definition) is 1. The summed E-state index contributed by atoms with van der Waals surface area (Å²) in [5.74, 6) is 1.71. The predicted molar refractivity (Wildman–Crippen MR) is 112 cm³/mol. The van der Waals surface area contributed by atoms with E-state index in [-0.39, 0.29) is 10.9 Å². The molecule has 0 radical (unpaired) electrons. The molecule has 1 N–H and O–H groups in total. The van der Waals surface area contributed by atoms with Crippen LogP contribution in [0, 0.1) is 0 Å². The molecule has 3 heterocycles. The smallest absolute Gasteiger partial charge is 0.434 e. The summed E-state index contributed by atoms with van der Waals surface area (Å²) >= 11 is -0.249. The van der Waals surface area contributed by atoms with E-state index in [0.29, 0.717) is 39.8 Å². The minimum atomic E-state index is -4.61. The number of fused-ring (bicyclic) bond motifs is 1. The van der Waals surface area contributed by atoms with Crippen LogP contribution in [0.4, 0.5) is 18.9 Å². The highest BCUT2D eigenvalue weighted by molar-refractivity contribution is 7.91. The number of aryl methyl sites for hydroxylation is 1. The Bertz CT molecular complexity index is 1130. The number of thiazole rings is 1. The number of nitrogens with zero attached hydrogens (tertiary/aromatic N) is 3. The standard InChI is InChI=1S/C19H19F3N4O3S2/c1-26-13-6-12(24-17(27)18-25-15(8-30-18)19(20,21)22)14(29-2)7-11(13)23-16(26)10-4-3-5-31(28)9-10/h6-8,10H,3-5,9H2,1-2H3,(H,24,27). The number of methoxy groups -OCH3 is 1. The van der Waals surface area contributed by atoms with Crippen LogP contribution in [-0.4, -0.2) is 43.6 Å². The van der Waals surface area contributed by atoms with Crippen LogP contribution in [0.2, 0.25) is 0 Å². The molecule has 1 saturated heterocycles. The molecule has 2 unspecified atom stereocenters. The van der Waals surface area contributed by atoms with Gasteiger partial charge in [0.2, 0.25) is 0 Å². The fourth-order valence-corrected chi connectivity index (χ4v) is 5.78. The van der Waals surface area contributed by atoms with Gasteiger partial charge in [0.15, 0.2) is 10.7 Å². The maximum absolute atomic E-state index is 12.8. The Morgan fingerprint density at radius 2 is 2.16 bits per heavy atom. The number of imidazole rings is 1. The second kappa shape index (κ2) is 8.32. The molecule has 4 rings (SSSR count). The van der Waals surface area contributed by atoms with E-state index in [1.807, 2.05) is 11.6 Å². The fourth-order valence-electron chi connectivity index (χ4n) is 3.64. The lowest BCUT2D eigenvalue weighted by Gasteiger charge is -2.24. The molecule has 0 bridgehead atoms. The summed E-state index contributed by atoms with van der Waals surface area (Å²) in [5.41, 5.74) is 0.562. The monoisotopic (exact) mass is 472 g/mol. The van der Waals surface area contributed by atoms with Crippen molar-refractivity contribution in [3.63, 3.8) is 0 Å². The van der Waals surface area contributed by atoms with Crippen molar-refractivity contribution in [2.45, 2.75) is 24.9 Å². The Morgan fingerprint density at radius 3 is 2.81 bits per heavy atom. The normalized spacial score (nSPS) is 19.5. The molecule has 2 aromatic heterocycles. The molecule has 166 valence electrons. The van der Waals surface area contributed by atoms with Crippen LogP contribution in [0.5, 0.6) is 5.75 Å². The van der Waals surface area contributed by atoms with Gasteiger partial charge in [0.1, 0.15) is 23.1 Å². The lowest BCUT2D eigenvalue weighted by Crippen LogP contribution is -2.25. The van der Waals surface area contributed by atoms with Crippen LogP contribution in [0.3, 0.4) is 0 Å². The lowest BCUT2D eigenvalue weighted by atomic mass is 10.1. The zero-order chi connectivity index (χ0) is 22.3. The van der Waals surface area contributed by atoms with Gasteiger partial charge in [-0.25, -0.2) is 9.97 Å². The number of anilines is 1. The Hall–Kier alpha value is -2.31. The number of carbonyl (C=O) groups is 1. The number of ether oxygens (including phenoxy) is 1. The highest BCUT2D eigenvalue weighted by Crippen LogP contribution is 2.35. The summed E-state index contributed by atoms with van der Waals surface area (Å²) in [5, 5.41) is 3.09. The van der Waals surface area contributed by atoms with Gasteiger partial charge in [-0.3, -0.25) is 4.79 Å². The molecule has 1 aromatic carbocycles. The number of halogens is 3. The predicted octanol–water partition coefficient (Wildman–Crippen LogP) is 3.94. The summed E-state index contributed by atoms with van der Waals surface area (Å²) in [4.78, 5) is 20.6. The van der Waals surface area contributed by atoms with Crippen LogP contribution >= 0.6 is 11.3 Å². The van der Waals surface area contributed by atoms with Gasteiger partial charge < -0.3 is 19.2 Å². The minimum absolute atomic E-state index is 0.0760. The summed E-state index contributed by atoms with van der Waals surface area (Å²) in [6, 6.07) is 3.33. The van der Waals surface area contributed by atoms with E-state index < -0.39 is 29.0 Å². The van der Waals surface area contributed by atoms with Gasteiger partial charge in [0.05, 0.1) is 29.7 Å². The molecule has 1 fully saturated rings.